The molecular weight excluding hydrogens is 204 g/mol. The Bertz CT molecular complexity index is 410. The highest BCUT2D eigenvalue weighted by Gasteiger charge is 2.15. The quantitative estimate of drug-likeness (QED) is 0.777. The van der Waals surface area contributed by atoms with Crippen LogP contribution in [0.3, 0.4) is 0 Å². The Balaban J connectivity index is 2.77. The van der Waals surface area contributed by atoms with Crippen LogP contribution in [0.2, 0.25) is 0 Å². The molecule has 0 amide bonds. The molecule has 1 rings (SSSR count). The minimum absolute atomic E-state index is 0.0898. The molecule has 0 radical (unpaired) electrons. The van der Waals surface area contributed by atoms with E-state index in [0.29, 0.717) is 17.7 Å². The van der Waals surface area contributed by atoms with Gasteiger partial charge in [-0.3, -0.25) is 4.79 Å². The van der Waals surface area contributed by atoms with Crippen molar-refractivity contribution in [3.05, 3.63) is 35.4 Å². The lowest BCUT2D eigenvalue weighted by molar-refractivity contribution is -0.143. The first-order valence-electron chi connectivity index (χ1n) is 5.09. The number of carbonyl (C=O) groups excluding carboxylic acids is 1. The fourth-order valence-electron chi connectivity index (χ4n) is 1.43. The van der Waals surface area contributed by atoms with E-state index >= 15 is 0 Å². The van der Waals surface area contributed by atoms with Crippen LogP contribution in [0.1, 0.15) is 30.5 Å². The third-order valence-corrected chi connectivity index (χ3v) is 2.17. The van der Waals surface area contributed by atoms with Crippen LogP contribution in [0, 0.1) is 11.3 Å². The van der Waals surface area contributed by atoms with E-state index in [9.17, 15) is 4.79 Å². The fourth-order valence-corrected chi connectivity index (χ4v) is 1.43. The number of ether oxygens (including phenoxy) is 1. The van der Waals surface area contributed by atoms with Crippen LogP contribution in [0.25, 0.3) is 0 Å². The van der Waals surface area contributed by atoms with E-state index in [1.165, 1.54) is 0 Å². The summed E-state index contributed by atoms with van der Waals surface area (Å²) in [4.78, 5) is 11.2. The molecule has 4 heteroatoms. The van der Waals surface area contributed by atoms with Gasteiger partial charge in [-0.05, 0) is 18.6 Å². The Morgan fingerprint density at radius 1 is 1.56 bits per heavy atom. The summed E-state index contributed by atoms with van der Waals surface area (Å²) in [5.41, 5.74) is 7.03. The molecule has 0 fully saturated rings. The summed E-state index contributed by atoms with van der Waals surface area (Å²) >= 11 is 0. The predicted molar refractivity (Wildman–Crippen MR) is 59.3 cm³/mol. The second kappa shape index (κ2) is 5.89. The summed E-state index contributed by atoms with van der Waals surface area (Å²) in [5, 5.41) is 8.88. The van der Waals surface area contributed by atoms with Gasteiger partial charge >= 0.3 is 5.97 Å². The molecule has 84 valence electrons. The molecule has 16 heavy (non-hydrogen) atoms. The fraction of sp³-hybridized carbons (Fsp3) is 0.333. The molecule has 0 heterocycles. The van der Waals surface area contributed by atoms with Gasteiger partial charge in [0.05, 0.1) is 24.7 Å². The molecule has 0 bridgehead atoms. The van der Waals surface area contributed by atoms with Gasteiger partial charge in [-0.1, -0.05) is 18.2 Å². The molecule has 0 aliphatic carbocycles. The molecule has 1 aromatic carbocycles. The van der Waals surface area contributed by atoms with Gasteiger partial charge in [0.15, 0.2) is 0 Å². The molecule has 2 N–H and O–H groups in total. The monoisotopic (exact) mass is 218 g/mol. The predicted octanol–water partition coefficient (Wildman–Crippen LogP) is 1.51. The van der Waals surface area contributed by atoms with Crippen molar-refractivity contribution in [2.24, 2.45) is 5.73 Å². The minimum atomic E-state index is -0.491. The molecule has 0 saturated carbocycles. The first-order chi connectivity index (χ1) is 7.69. The summed E-state index contributed by atoms with van der Waals surface area (Å²) in [6.45, 7) is 2.08. The van der Waals surface area contributed by atoms with Crippen LogP contribution < -0.4 is 5.73 Å². The zero-order valence-electron chi connectivity index (χ0n) is 9.14. The van der Waals surface area contributed by atoms with Crippen molar-refractivity contribution in [2.75, 3.05) is 6.61 Å². The van der Waals surface area contributed by atoms with Crippen molar-refractivity contribution in [3.63, 3.8) is 0 Å². The zero-order valence-corrected chi connectivity index (χ0v) is 9.14. The Morgan fingerprint density at radius 2 is 2.25 bits per heavy atom. The maximum absolute atomic E-state index is 11.2. The maximum atomic E-state index is 11.2. The SMILES string of the molecule is CCOC(=O)C[C@H](N)c1ccccc1C#N. The lowest BCUT2D eigenvalue weighted by Gasteiger charge is -2.12. The van der Waals surface area contributed by atoms with Crippen molar-refractivity contribution in [1.29, 1.82) is 5.26 Å². The van der Waals surface area contributed by atoms with Gasteiger partial charge in [-0.2, -0.15) is 5.26 Å². The van der Waals surface area contributed by atoms with E-state index in [4.69, 9.17) is 15.7 Å². The summed E-state index contributed by atoms with van der Waals surface area (Å²) in [6, 6.07) is 8.55. The van der Waals surface area contributed by atoms with Crippen LogP contribution >= 0.6 is 0 Å². The van der Waals surface area contributed by atoms with Crippen LogP contribution in [-0.4, -0.2) is 12.6 Å². The Morgan fingerprint density at radius 3 is 2.88 bits per heavy atom. The summed E-state index contributed by atoms with van der Waals surface area (Å²) < 4.78 is 4.81. The minimum Gasteiger partial charge on any atom is -0.466 e. The Kier molecular flexibility index (Phi) is 4.49. The smallest absolute Gasteiger partial charge is 0.307 e. The molecule has 1 aromatic rings. The van der Waals surface area contributed by atoms with E-state index < -0.39 is 6.04 Å². The molecule has 0 aliphatic rings. The average molecular weight is 218 g/mol. The molecule has 4 nitrogen and oxygen atoms in total. The zero-order chi connectivity index (χ0) is 12.0. The van der Waals surface area contributed by atoms with Gasteiger partial charge in [-0.25, -0.2) is 0 Å². The highest BCUT2D eigenvalue weighted by atomic mass is 16.5. The molecule has 0 aliphatic heterocycles. The second-order valence-electron chi connectivity index (χ2n) is 3.31. The first-order valence-corrected chi connectivity index (χ1v) is 5.09. The highest BCUT2D eigenvalue weighted by Crippen LogP contribution is 2.18. The number of benzene rings is 1. The maximum Gasteiger partial charge on any atom is 0.307 e. The van der Waals surface area contributed by atoms with Crippen LogP contribution in [0.4, 0.5) is 0 Å². The van der Waals surface area contributed by atoms with Gasteiger partial charge in [0.1, 0.15) is 0 Å². The third kappa shape index (κ3) is 3.07. The van der Waals surface area contributed by atoms with Crippen molar-refractivity contribution in [1.82, 2.24) is 0 Å². The lowest BCUT2D eigenvalue weighted by atomic mass is 9.99. The van der Waals surface area contributed by atoms with Crippen LogP contribution in [0.5, 0.6) is 0 Å². The summed E-state index contributed by atoms with van der Waals surface area (Å²) in [5.74, 6) is -0.345. The molecule has 0 aromatic heterocycles. The summed E-state index contributed by atoms with van der Waals surface area (Å²) in [6.07, 6.45) is 0.0898. The van der Waals surface area contributed by atoms with Crippen molar-refractivity contribution in [2.45, 2.75) is 19.4 Å². The van der Waals surface area contributed by atoms with E-state index in [0.717, 1.165) is 0 Å². The van der Waals surface area contributed by atoms with Crippen molar-refractivity contribution in [3.8, 4) is 6.07 Å². The van der Waals surface area contributed by atoms with Gasteiger partial charge in [-0.15, -0.1) is 0 Å². The van der Waals surface area contributed by atoms with E-state index in [1.807, 2.05) is 6.07 Å². The Labute approximate surface area is 94.6 Å². The number of nitriles is 1. The van der Waals surface area contributed by atoms with E-state index in [2.05, 4.69) is 0 Å². The number of carbonyl (C=O) groups is 1. The number of esters is 1. The van der Waals surface area contributed by atoms with E-state index in [-0.39, 0.29) is 12.4 Å². The normalized spacial score (nSPS) is 11.6. The third-order valence-electron chi connectivity index (χ3n) is 2.17. The molecule has 1 atom stereocenters. The number of hydrogen-bond donors (Lipinski definition) is 1. The van der Waals surface area contributed by atoms with Gasteiger partial charge in [0.25, 0.3) is 0 Å². The Hall–Kier alpha value is -1.86. The average Bonchev–Trinajstić information content (AvgIpc) is 2.29. The molecule has 0 saturated heterocycles. The number of nitrogens with zero attached hydrogens (tertiary/aromatic N) is 1. The van der Waals surface area contributed by atoms with E-state index in [1.54, 1.807) is 31.2 Å². The summed E-state index contributed by atoms with van der Waals surface area (Å²) in [7, 11) is 0. The van der Waals surface area contributed by atoms with Gasteiger partial charge < -0.3 is 10.5 Å². The molecular formula is C12H14N2O2. The topological polar surface area (TPSA) is 76.1 Å². The number of rotatable bonds is 4. The largest absolute Gasteiger partial charge is 0.466 e. The first kappa shape index (κ1) is 12.2. The number of nitrogens with two attached hydrogens (primary N) is 1. The number of hydrogen-bond acceptors (Lipinski definition) is 4. The molecule has 0 unspecified atom stereocenters. The van der Waals surface area contributed by atoms with Crippen molar-refractivity contribution >= 4 is 5.97 Å². The second-order valence-corrected chi connectivity index (χ2v) is 3.31. The standard InChI is InChI=1S/C12H14N2O2/c1-2-16-12(15)7-11(14)10-6-4-3-5-9(10)8-13/h3-6,11H,2,7,14H2,1H3/t11-/m0/s1. The molecule has 0 spiro atoms. The van der Waals surface area contributed by atoms with Crippen LogP contribution in [-0.2, 0) is 9.53 Å². The highest BCUT2D eigenvalue weighted by molar-refractivity contribution is 5.70. The van der Waals surface area contributed by atoms with Gasteiger partial charge in [0, 0.05) is 6.04 Å². The van der Waals surface area contributed by atoms with Gasteiger partial charge in [0.2, 0.25) is 0 Å². The van der Waals surface area contributed by atoms with Crippen molar-refractivity contribution < 1.29 is 9.53 Å². The lowest BCUT2D eigenvalue weighted by Crippen LogP contribution is -2.18. The van der Waals surface area contributed by atoms with Crippen LogP contribution in [0.15, 0.2) is 24.3 Å².